The quantitative estimate of drug-likeness (QED) is 0.846. The number of piperidine rings is 1. The highest BCUT2D eigenvalue weighted by atomic mass is 32.2. The van der Waals surface area contributed by atoms with Crippen molar-refractivity contribution in [3.8, 4) is 0 Å². The van der Waals surface area contributed by atoms with Crippen LogP contribution in [0.5, 0.6) is 0 Å². The van der Waals surface area contributed by atoms with Crippen LogP contribution in [-0.2, 0) is 11.3 Å². The lowest BCUT2D eigenvalue weighted by Gasteiger charge is -2.35. The van der Waals surface area contributed by atoms with Gasteiger partial charge in [0.25, 0.3) is 0 Å². The van der Waals surface area contributed by atoms with E-state index in [0.29, 0.717) is 12.6 Å². The average Bonchev–Trinajstić information content (AvgIpc) is 2.93. The first-order valence-corrected chi connectivity index (χ1v) is 9.55. The number of amides is 1. The first-order chi connectivity index (χ1) is 10.8. The number of likely N-dealkylation sites (tertiary alicyclic amines) is 1. The molecule has 1 unspecified atom stereocenters. The number of hydrogen-bond donors (Lipinski definition) is 0. The third kappa shape index (κ3) is 4.26. The van der Waals surface area contributed by atoms with E-state index in [0.717, 1.165) is 25.3 Å². The van der Waals surface area contributed by atoms with Gasteiger partial charge in [-0.05, 0) is 44.2 Å². The van der Waals surface area contributed by atoms with Crippen molar-refractivity contribution < 1.29 is 4.79 Å². The molecule has 0 N–H and O–H groups in total. The van der Waals surface area contributed by atoms with Crippen LogP contribution in [0.4, 0.5) is 0 Å². The molecule has 5 nitrogen and oxygen atoms in total. The summed E-state index contributed by atoms with van der Waals surface area (Å²) in [6.45, 7) is 4.70. The first-order valence-electron chi connectivity index (χ1n) is 8.40. The van der Waals surface area contributed by atoms with Crippen molar-refractivity contribution >= 4 is 17.7 Å². The molecule has 0 radical (unpaired) electrons. The number of aromatic nitrogens is 2. The third-order valence-electron chi connectivity index (χ3n) is 4.53. The molecule has 0 bridgehead atoms. The minimum atomic E-state index is 0.216. The lowest BCUT2D eigenvalue weighted by Crippen LogP contribution is -2.50. The average molecular weight is 322 g/mol. The zero-order valence-corrected chi connectivity index (χ0v) is 14.0. The Labute approximate surface area is 137 Å². The molecule has 22 heavy (non-hydrogen) atoms. The van der Waals surface area contributed by atoms with Gasteiger partial charge in [-0.3, -0.25) is 9.48 Å². The summed E-state index contributed by atoms with van der Waals surface area (Å²) in [5.74, 6) is 2.46. The highest BCUT2D eigenvalue weighted by Crippen LogP contribution is 2.19. The summed E-state index contributed by atoms with van der Waals surface area (Å²) in [5, 5.41) is 4.17. The molecule has 0 aliphatic carbocycles. The SMILES string of the molecule is O=C(Cn1cccn1)N1CCCSCC1CN1CCCCC1. The van der Waals surface area contributed by atoms with E-state index >= 15 is 0 Å². The molecule has 6 heteroatoms. The van der Waals surface area contributed by atoms with E-state index in [-0.39, 0.29) is 5.91 Å². The number of thioether (sulfide) groups is 1. The van der Waals surface area contributed by atoms with E-state index < -0.39 is 0 Å². The van der Waals surface area contributed by atoms with Crippen molar-refractivity contribution in [2.75, 3.05) is 37.7 Å². The Balaban J connectivity index is 1.62. The maximum Gasteiger partial charge on any atom is 0.244 e. The molecule has 1 amide bonds. The second-order valence-electron chi connectivity index (χ2n) is 6.23. The van der Waals surface area contributed by atoms with Gasteiger partial charge in [-0.15, -0.1) is 0 Å². The van der Waals surface area contributed by atoms with Gasteiger partial charge in [-0.2, -0.15) is 16.9 Å². The smallest absolute Gasteiger partial charge is 0.244 e. The molecule has 3 rings (SSSR count). The van der Waals surface area contributed by atoms with E-state index in [1.54, 1.807) is 10.9 Å². The van der Waals surface area contributed by atoms with Crippen LogP contribution in [0.1, 0.15) is 25.7 Å². The molecule has 1 aromatic heterocycles. The number of hydrogen-bond acceptors (Lipinski definition) is 4. The molecule has 2 aliphatic heterocycles. The fourth-order valence-electron chi connectivity index (χ4n) is 3.37. The third-order valence-corrected chi connectivity index (χ3v) is 5.73. The summed E-state index contributed by atoms with van der Waals surface area (Å²) in [6, 6.07) is 2.23. The molecular weight excluding hydrogens is 296 g/mol. The van der Waals surface area contributed by atoms with Crippen molar-refractivity contribution in [1.82, 2.24) is 19.6 Å². The maximum atomic E-state index is 12.7. The van der Waals surface area contributed by atoms with Crippen LogP contribution >= 0.6 is 11.8 Å². The fraction of sp³-hybridized carbons (Fsp3) is 0.750. The minimum Gasteiger partial charge on any atom is -0.336 e. The molecule has 0 spiro atoms. The van der Waals surface area contributed by atoms with Gasteiger partial charge in [-0.25, -0.2) is 0 Å². The minimum absolute atomic E-state index is 0.216. The Morgan fingerprint density at radius 3 is 2.82 bits per heavy atom. The monoisotopic (exact) mass is 322 g/mol. The number of rotatable bonds is 4. The predicted molar refractivity (Wildman–Crippen MR) is 90.0 cm³/mol. The Kier molecular flexibility index (Phi) is 5.78. The van der Waals surface area contributed by atoms with E-state index in [2.05, 4.69) is 14.9 Å². The fourth-order valence-corrected chi connectivity index (χ4v) is 4.43. The highest BCUT2D eigenvalue weighted by molar-refractivity contribution is 7.99. The summed E-state index contributed by atoms with van der Waals surface area (Å²) in [6.07, 6.45) is 8.67. The summed E-state index contributed by atoms with van der Waals surface area (Å²) in [5.41, 5.74) is 0. The lowest BCUT2D eigenvalue weighted by molar-refractivity contribution is -0.134. The summed E-state index contributed by atoms with van der Waals surface area (Å²) in [7, 11) is 0. The van der Waals surface area contributed by atoms with Crippen molar-refractivity contribution in [1.29, 1.82) is 0 Å². The first kappa shape index (κ1) is 15.9. The van der Waals surface area contributed by atoms with Crippen LogP contribution in [0.2, 0.25) is 0 Å². The van der Waals surface area contributed by atoms with E-state index in [1.807, 2.05) is 24.0 Å². The molecule has 3 heterocycles. The topological polar surface area (TPSA) is 41.4 Å². The Bertz CT molecular complexity index is 459. The normalized spacial score (nSPS) is 24.2. The van der Waals surface area contributed by atoms with Gasteiger partial charge >= 0.3 is 0 Å². The zero-order chi connectivity index (χ0) is 15.2. The van der Waals surface area contributed by atoms with Gasteiger partial charge in [0.05, 0.1) is 6.04 Å². The molecule has 0 saturated carbocycles. The Morgan fingerprint density at radius 1 is 1.18 bits per heavy atom. The van der Waals surface area contributed by atoms with Crippen molar-refractivity contribution in [3.05, 3.63) is 18.5 Å². The largest absolute Gasteiger partial charge is 0.336 e. The Hall–Kier alpha value is -1.01. The van der Waals surface area contributed by atoms with Crippen molar-refractivity contribution in [2.24, 2.45) is 0 Å². The van der Waals surface area contributed by atoms with Crippen LogP contribution in [0, 0.1) is 0 Å². The molecule has 2 aliphatic rings. The van der Waals surface area contributed by atoms with Gasteiger partial charge in [0, 0.05) is 31.2 Å². The summed E-state index contributed by atoms with van der Waals surface area (Å²) in [4.78, 5) is 17.4. The molecule has 1 atom stereocenters. The predicted octanol–water partition coefficient (Wildman–Crippen LogP) is 1.70. The zero-order valence-electron chi connectivity index (χ0n) is 13.2. The standard InChI is InChI=1S/C16H26N4OS/c21-16(13-19-9-4-6-17-19)20-10-5-11-22-14-15(20)12-18-7-2-1-3-8-18/h4,6,9,15H,1-3,5,7-8,10-14H2. The molecule has 1 aromatic rings. The second-order valence-corrected chi connectivity index (χ2v) is 7.38. The highest BCUT2D eigenvalue weighted by Gasteiger charge is 2.28. The van der Waals surface area contributed by atoms with Crippen LogP contribution in [0.25, 0.3) is 0 Å². The van der Waals surface area contributed by atoms with Crippen LogP contribution in [-0.4, -0.2) is 69.2 Å². The number of carbonyl (C=O) groups excluding carboxylic acids is 1. The molecule has 122 valence electrons. The van der Waals surface area contributed by atoms with Crippen LogP contribution in [0.15, 0.2) is 18.5 Å². The van der Waals surface area contributed by atoms with Gasteiger partial charge in [0.15, 0.2) is 0 Å². The summed E-state index contributed by atoms with van der Waals surface area (Å²) >= 11 is 2.00. The lowest BCUT2D eigenvalue weighted by atomic mass is 10.1. The van der Waals surface area contributed by atoms with Gasteiger partial charge in [0.1, 0.15) is 6.54 Å². The van der Waals surface area contributed by atoms with Gasteiger partial charge in [0.2, 0.25) is 5.91 Å². The second kappa shape index (κ2) is 8.02. The van der Waals surface area contributed by atoms with Crippen LogP contribution < -0.4 is 0 Å². The molecular formula is C16H26N4OS. The van der Waals surface area contributed by atoms with Gasteiger partial charge < -0.3 is 9.80 Å². The molecule has 2 saturated heterocycles. The molecule has 2 fully saturated rings. The Morgan fingerprint density at radius 2 is 2.05 bits per heavy atom. The van der Waals surface area contributed by atoms with Crippen molar-refractivity contribution in [3.63, 3.8) is 0 Å². The maximum absolute atomic E-state index is 12.7. The van der Waals surface area contributed by atoms with Crippen LogP contribution in [0.3, 0.4) is 0 Å². The number of nitrogens with zero attached hydrogens (tertiary/aromatic N) is 4. The van der Waals surface area contributed by atoms with E-state index in [4.69, 9.17) is 0 Å². The molecule has 0 aromatic carbocycles. The van der Waals surface area contributed by atoms with Gasteiger partial charge in [-0.1, -0.05) is 6.42 Å². The summed E-state index contributed by atoms with van der Waals surface area (Å²) < 4.78 is 1.73. The van der Waals surface area contributed by atoms with E-state index in [9.17, 15) is 4.79 Å². The number of carbonyl (C=O) groups is 1. The van der Waals surface area contributed by atoms with Crippen molar-refractivity contribution in [2.45, 2.75) is 38.3 Å². The van der Waals surface area contributed by atoms with E-state index in [1.165, 1.54) is 38.1 Å².